The number of para-hydroxylation sites is 1. The number of aryl methyl sites for hydroxylation is 1. The van der Waals surface area contributed by atoms with Gasteiger partial charge in [-0.3, -0.25) is 4.79 Å². The zero-order valence-electron chi connectivity index (χ0n) is 18.2. The van der Waals surface area contributed by atoms with Crippen molar-refractivity contribution in [2.45, 2.75) is 26.1 Å². The van der Waals surface area contributed by atoms with E-state index in [1.54, 1.807) is 6.07 Å². The molecule has 0 aliphatic heterocycles. The molecule has 0 saturated heterocycles. The van der Waals surface area contributed by atoms with Crippen molar-refractivity contribution in [1.82, 2.24) is 14.2 Å². The monoisotopic (exact) mass is 492 g/mol. The van der Waals surface area contributed by atoms with Gasteiger partial charge in [-0.1, -0.05) is 18.2 Å². The van der Waals surface area contributed by atoms with Crippen molar-refractivity contribution in [3.8, 4) is 11.4 Å². The van der Waals surface area contributed by atoms with E-state index >= 15 is 4.39 Å². The van der Waals surface area contributed by atoms with E-state index in [1.165, 1.54) is 37.4 Å². The lowest BCUT2D eigenvalue weighted by Gasteiger charge is -2.20. The molecule has 7 nitrogen and oxygen atoms in total. The van der Waals surface area contributed by atoms with E-state index in [2.05, 4.69) is 10.4 Å². The van der Waals surface area contributed by atoms with Gasteiger partial charge in [0.05, 0.1) is 11.3 Å². The van der Waals surface area contributed by atoms with Crippen LogP contribution in [0.5, 0.6) is 5.75 Å². The normalized spacial score (nSPS) is 12.5. The number of anilines is 1. The predicted octanol–water partition coefficient (Wildman–Crippen LogP) is 4.65. The molecule has 2 aromatic heterocycles. The summed E-state index contributed by atoms with van der Waals surface area (Å²) in [6.45, 7) is 2.20. The van der Waals surface area contributed by atoms with Crippen molar-refractivity contribution in [2.24, 2.45) is 0 Å². The fraction of sp³-hybridized carbons (Fsp3) is 0.174. The molecule has 0 saturated carbocycles. The number of rotatable bonds is 5. The van der Waals surface area contributed by atoms with E-state index in [1.807, 2.05) is 0 Å². The summed E-state index contributed by atoms with van der Waals surface area (Å²) >= 11 is 0. The van der Waals surface area contributed by atoms with E-state index < -0.39 is 52.5 Å². The number of hydrogen-bond donors (Lipinski definition) is 1. The Labute approximate surface area is 194 Å². The molecule has 182 valence electrons. The van der Waals surface area contributed by atoms with Crippen LogP contribution in [0.1, 0.15) is 22.8 Å². The van der Waals surface area contributed by atoms with Gasteiger partial charge in [-0.05, 0) is 43.7 Å². The second-order valence-corrected chi connectivity index (χ2v) is 7.61. The topological polar surface area (TPSA) is 77.6 Å². The van der Waals surface area contributed by atoms with E-state index in [9.17, 15) is 27.2 Å². The minimum absolute atomic E-state index is 0.153. The maximum atomic E-state index is 15.1. The Morgan fingerprint density at radius 2 is 1.83 bits per heavy atom. The zero-order chi connectivity index (χ0) is 25.5. The van der Waals surface area contributed by atoms with Gasteiger partial charge < -0.3 is 10.1 Å². The highest BCUT2D eigenvalue weighted by Crippen LogP contribution is 2.31. The third-order valence-corrected chi connectivity index (χ3v) is 5.18. The number of amides is 1. The van der Waals surface area contributed by atoms with Gasteiger partial charge >= 0.3 is 11.9 Å². The molecule has 1 atom stereocenters. The van der Waals surface area contributed by atoms with Crippen molar-refractivity contribution in [1.29, 1.82) is 0 Å². The molecule has 12 heteroatoms. The number of fused-ring (bicyclic) bond motifs is 1. The van der Waals surface area contributed by atoms with Crippen molar-refractivity contribution < 1.29 is 31.5 Å². The van der Waals surface area contributed by atoms with Crippen molar-refractivity contribution in [3.63, 3.8) is 0 Å². The number of halogens is 5. The molecule has 1 N–H and O–H groups in total. The first-order valence-corrected chi connectivity index (χ1v) is 10.2. The number of aromatic nitrogens is 3. The lowest BCUT2D eigenvalue weighted by Crippen LogP contribution is -2.32. The van der Waals surface area contributed by atoms with Crippen LogP contribution in [0.4, 0.5) is 27.6 Å². The van der Waals surface area contributed by atoms with Crippen molar-refractivity contribution in [3.05, 3.63) is 88.0 Å². The maximum Gasteiger partial charge on any atom is 0.425 e. The highest BCUT2D eigenvalue weighted by molar-refractivity contribution is 6.06. The number of hydrogen-bond acceptors (Lipinski definition) is 4. The number of nitrogens with zero attached hydrogens (tertiary/aromatic N) is 3. The SMILES string of the molecule is Cc1cccc(F)c1NC(=O)c1cc(F)c(-n2nc3ccccn3c2=O)cc1O[C@@H](C)C(F)(F)F. The molecule has 2 heterocycles. The number of ether oxygens (including phenoxy) is 1. The molecule has 0 bridgehead atoms. The van der Waals surface area contributed by atoms with Crippen LogP contribution >= 0.6 is 0 Å². The second kappa shape index (κ2) is 8.85. The molecule has 0 spiro atoms. The molecular formula is C23H17F5N4O3. The third kappa shape index (κ3) is 4.59. The minimum atomic E-state index is -4.82. The summed E-state index contributed by atoms with van der Waals surface area (Å²) in [5, 5.41) is 6.21. The first-order valence-electron chi connectivity index (χ1n) is 10.2. The van der Waals surface area contributed by atoms with Crippen LogP contribution in [0.3, 0.4) is 0 Å². The van der Waals surface area contributed by atoms with Crippen LogP contribution in [0.2, 0.25) is 0 Å². The third-order valence-electron chi connectivity index (χ3n) is 5.18. The predicted molar refractivity (Wildman–Crippen MR) is 116 cm³/mol. The van der Waals surface area contributed by atoms with Gasteiger partial charge in [0.25, 0.3) is 5.91 Å². The molecule has 2 aromatic carbocycles. The fourth-order valence-electron chi connectivity index (χ4n) is 3.29. The Kier molecular flexibility index (Phi) is 6.05. The zero-order valence-corrected chi connectivity index (χ0v) is 18.2. The summed E-state index contributed by atoms with van der Waals surface area (Å²) in [5.74, 6) is -3.73. The Hall–Kier alpha value is -4.22. The average molecular weight is 492 g/mol. The van der Waals surface area contributed by atoms with Crippen LogP contribution in [0.15, 0.2) is 59.5 Å². The molecule has 4 aromatic rings. The molecule has 0 aliphatic carbocycles. The molecule has 1 amide bonds. The Morgan fingerprint density at radius 3 is 2.49 bits per heavy atom. The van der Waals surface area contributed by atoms with Gasteiger partial charge in [0.1, 0.15) is 23.1 Å². The number of carbonyl (C=O) groups is 1. The average Bonchev–Trinajstić information content (AvgIpc) is 3.13. The van der Waals surface area contributed by atoms with Crippen LogP contribution in [0, 0.1) is 18.6 Å². The number of pyridine rings is 1. The first kappa shape index (κ1) is 23.9. The number of alkyl halides is 3. The molecule has 0 fully saturated rings. The van der Waals surface area contributed by atoms with Gasteiger partial charge in [-0.15, -0.1) is 5.10 Å². The standard InChI is InChI=1S/C23H17F5N4O3/c1-12-6-5-7-15(24)20(12)29-21(33)14-10-16(25)17(11-18(14)35-13(2)23(26,27)28)32-22(34)31-9-4-3-8-19(31)30-32/h3-11,13H,1-2H3,(H,29,33)/t13-/m0/s1. The summed E-state index contributed by atoms with van der Waals surface area (Å²) in [5.41, 5.74) is -1.72. The van der Waals surface area contributed by atoms with Gasteiger partial charge in [0, 0.05) is 12.3 Å². The van der Waals surface area contributed by atoms with Crippen molar-refractivity contribution in [2.75, 3.05) is 5.32 Å². The largest absolute Gasteiger partial charge is 0.480 e. The lowest BCUT2D eigenvalue weighted by molar-refractivity contribution is -0.189. The van der Waals surface area contributed by atoms with E-state index in [-0.39, 0.29) is 11.3 Å². The first-order chi connectivity index (χ1) is 16.5. The maximum absolute atomic E-state index is 15.1. The van der Waals surface area contributed by atoms with Gasteiger partial charge in [0.2, 0.25) is 0 Å². The molecule has 0 aliphatic rings. The quantitative estimate of drug-likeness (QED) is 0.412. The van der Waals surface area contributed by atoms with Gasteiger partial charge in [-0.25, -0.2) is 18.0 Å². The minimum Gasteiger partial charge on any atom is -0.480 e. The molecule has 0 unspecified atom stereocenters. The van der Waals surface area contributed by atoms with Crippen LogP contribution in [-0.2, 0) is 0 Å². The molecule has 4 rings (SSSR count). The number of benzene rings is 2. The summed E-state index contributed by atoms with van der Waals surface area (Å²) in [7, 11) is 0. The van der Waals surface area contributed by atoms with Gasteiger partial charge in [-0.2, -0.15) is 17.9 Å². The highest BCUT2D eigenvalue weighted by atomic mass is 19.4. The van der Waals surface area contributed by atoms with E-state index in [4.69, 9.17) is 4.74 Å². The summed E-state index contributed by atoms with van der Waals surface area (Å²) in [4.78, 5) is 25.5. The van der Waals surface area contributed by atoms with Gasteiger partial charge in [0.15, 0.2) is 11.8 Å². The van der Waals surface area contributed by atoms with E-state index in [0.717, 1.165) is 16.5 Å². The fourth-order valence-corrected chi connectivity index (χ4v) is 3.29. The smallest absolute Gasteiger partial charge is 0.425 e. The highest BCUT2D eigenvalue weighted by Gasteiger charge is 2.39. The van der Waals surface area contributed by atoms with Crippen LogP contribution in [0.25, 0.3) is 11.3 Å². The van der Waals surface area contributed by atoms with Crippen molar-refractivity contribution >= 4 is 17.2 Å². The number of carbonyl (C=O) groups excluding carboxylic acids is 1. The summed E-state index contributed by atoms with van der Waals surface area (Å²) in [6.07, 6.45) is -5.83. The van der Waals surface area contributed by atoms with E-state index in [0.29, 0.717) is 23.2 Å². The lowest BCUT2D eigenvalue weighted by atomic mass is 10.1. The molecule has 35 heavy (non-hydrogen) atoms. The Balaban J connectivity index is 1.84. The summed E-state index contributed by atoms with van der Waals surface area (Å²) < 4.78 is 75.6. The second-order valence-electron chi connectivity index (χ2n) is 7.61. The number of nitrogens with one attached hydrogen (secondary N) is 1. The Bertz CT molecular complexity index is 1470. The Morgan fingerprint density at radius 1 is 1.09 bits per heavy atom. The molecule has 0 radical (unpaired) electrons. The van der Waals surface area contributed by atoms with Crippen LogP contribution < -0.4 is 15.7 Å². The molecular weight excluding hydrogens is 475 g/mol. The summed E-state index contributed by atoms with van der Waals surface area (Å²) in [6, 6.07) is 9.95. The van der Waals surface area contributed by atoms with Crippen LogP contribution in [-0.4, -0.2) is 32.4 Å².